The number of carbonyl (C=O) groups excluding carboxylic acids is 3. The topological polar surface area (TPSA) is 105 Å². The van der Waals surface area contributed by atoms with Crippen LogP contribution in [0.15, 0.2) is 65.7 Å². The molecule has 0 aliphatic heterocycles. The summed E-state index contributed by atoms with van der Waals surface area (Å²) >= 11 is 0. The van der Waals surface area contributed by atoms with Crippen molar-refractivity contribution in [3.8, 4) is 0 Å². The molecule has 3 amide bonds. The quantitative estimate of drug-likeness (QED) is 0.150. The number of aliphatic imine (C=N–C) groups is 1. The first-order valence-corrected chi connectivity index (χ1v) is 15.6. The summed E-state index contributed by atoms with van der Waals surface area (Å²) in [6.45, 7) is 12.8. The van der Waals surface area contributed by atoms with Crippen LogP contribution in [-0.4, -0.2) is 41.1 Å². The van der Waals surface area contributed by atoms with E-state index in [1.165, 1.54) is 0 Å². The minimum atomic E-state index is -0.998. The van der Waals surface area contributed by atoms with Gasteiger partial charge in [-0.1, -0.05) is 69.2 Å². The Balaban J connectivity index is 1.67. The van der Waals surface area contributed by atoms with Crippen molar-refractivity contribution >= 4 is 47.1 Å². The largest absolute Gasteiger partial charge is 0.351 e. The molecule has 1 saturated carbocycles. The number of hydrogen-bond acceptors (Lipinski definition) is 4. The van der Waals surface area contributed by atoms with E-state index in [1.807, 2.05) is 85.2 Å². The molecule has 0 spiro atoms. The Morgan fingerprint density at radius 2 is 1.80 bits per heavy atom. The van der Waals surface area contributed by atoms with Crippen molar-refractivity contribution in [3.05, 3.63) is 83.1 Å². The number of allylic oxidation sites excluding steroid dienone is 2. The number of rotatable bonds is 13. The number of hydrogen-bond donors (Lipinski definition) is 3. The fourth-order valence-electron chi connectivity index (χ4n) is 6.07. The highest BCUT2D eigenvalue weighted by molar-refractivity contribution is 6.05. The van der Waals surface area contributed by atoms with Crippen LogP contribution in [0.4, 0.5) is 5.69 Å². The third-order valence-corrected chi connectivity index (χ3v) is 8.57. The average Bonchev–Trinajstić information content (AvgIpc) is 3.61. The number of benzene rings is 2. The predicted molar refractivity (Wildman–Crippen MR) is 180 cm³/mol. The van der Waals surface area contributed by atoms with Crippen molar-refractivity contribution in [1.82, 2.24) is 15.2 Å². The van der Waals surface area contributed by atoms with E-state index in [1.54, 1.807) is 0 Å². The molecule has 3 N–H and O–H groups in total. The van der Waals surface area contributed by atoms with Gasteiger partial charge in [0.2, 0.25) is 11.8 Å². The van der Waals surface area contributed by atoms with E-state index in [0.717, 1.165) is 47.0 Å². The number of nitrogens with one attached hydrogen (secondary N) is 3. The van der Waals surface area contributed by atoms with Crippen LogP contribution >= 0.6 is 0 Å². The van der Waals surface area contributed by atoms with Crippen molar-refractivity contribution in [2.24, 2.45) is 4.99 Å². The van der Waals surface area contributed by atoms with Crippen LogP contribution < -0.4 is 16.0 Å². The molecule has 44 heavy (non-hydrogen) atoms. The smallest absolute Gasteiger partial charge is 0.252 e. The first-order valence-electron chi connectivity index (χ1n) is 15.6. The molecule has 4 rings (SSSR count). The van der Waals surface area contributed by atoms with Gasteiger partial charge in [0.25, 0.3) is 5.91 Å². The Bertz CT molecular complexity index is 1560. The fourth-order valence-corrected chi connectivity index (χ4v) is 6.07. The molecule has 3 aromatic rings. The minimum Gasteiger partial charge on any atom is -0.351 e. The summed E-state index contributed by atoms with van der Waals surface area (Å²) in [7, 11) is 0. The van der Waals surface area contributed by atoms with E-state index >= 15 is 0 Å². The molecule has 1 atom stereocenters. The molecular formula is C36H45N5O3. The highest BCUT2D eigenvalue weighted by Crippen LogP contribution is 2.36. The van der Waals surface area contributed by atoms with Crippen LogP contribution in [0.3, 0.4) is 0 Å². The molecule has 2 aromatic carbocycles. The monoisotopic (exact) mass is 595 g/mol. The van der Waals surface area contributed by atoms with Crippen LogP contribution in [-0.2, 0) is 22.7 Å². The van der Waals surface area contributed by atoms with E-state index in [2.05, 4.69) is 41.5 Å². The molecule has 1 fully saturated rings. The lowest BCUT2D eigenvalue weighted by Crippen LogP contribution is -2.55. The van der Waals surface area contributed by atoms with Crippen LogP contribution in [0.25, 0.3) is 17.0 Å². The van der Waals surface area contributed by atoms with Gasteiger partial charge < -0.3 is 20.5 Å². The number of amides is 3. The lowest BCUT2D eigenvalue weighted by atomic mass is 9.94. The van der Waals surface area contributed by atoms with Crippen LogP contribution in [0.2, 0.25) is 0 Å². The van der Waals surface area contributed by atoms with Gasteiger partial charge in [0.1, 0.15) is 12.1 Å². The zero-order chi connectivity index (χ0) is 31.7. The van der Waals surface area contributed by atoms with E-state index < -0.39 is 5.54 Å². The molecular weight excluding hydrogens is 550 g/mol. The summed E-state index contributed by atoms with van der Waals surface area (Å²) in [6.07, 6.45) is 11.5. The van der Waals surface area contributed by atoms with Gasteiger partial charge in [-0.25, -0.2) is 0 Å². The summed E-state index contributed by atoms with van der Waals surface area (Å²) in [4.78, 5) is 44.6. The average molecular weight is 596 g/mol. The number of fused-ring (bicyclic) bond motifs is 1. The summed E-state index contributed by atoms with van der Waals surface area (Å²) in [5.74, 6) is -0.427. The van der Waals surface area contributed by atoms with E-state index in [9.17, 15) is 14.4 Å². The number of anilines is 1. The van der Waals surface area contributed by atoms with Gasteiger partial charge in [0, 0.05) is 34.4 Å². The summed E-state index contributed by atoms with van der Waals surface area (Å²) in [5.41, 5.74) is 4.02. The third-order valence-electron chi connectivity index (χ3n) is 8.57. The normalized spacial score (nSPS) is 15.1. The number of carbonyl (C=O) groups is 3. The third kappa shape index (κ3) is 7.18. The van der Waals surface area contributed by atoms with Crippen LogP contribution in [0.1, 0.15) is 92.9 Å². The Hall–Kier alpha value is -4.46. The summed E-state index contributed by atoms with van der Waals surface area (Å²) in [5, 5.41) is 10.1. The second-order valence-corrected chi connectivity index (χ2v) is 11.6. The first-order chi connectivity index (χ1) is 21.3. The second-order valence-electron chi connectivity index (χ2n) is 11.6. The lowest BCUT2D eigenvalue weighted by Gasteiger charge is -2.29. The number of aromatic nitrogens is 1. The molecule has 0 saturated heterocycles. The SMILES string of the molecule is C=NCc1c(C(C)CC)c2ccc(C(=O)NC3(C(=O)Nc4ccc(/C=C/C)cc4)CCCC3)cc2n1CC(=O)NC/C=C\C. The Labute approximate surface area is 260 Å². The van der Waals surface area contributed by atoms with Gasteiger partial charge in [-0.2, -0.15) is 0 Å². The van der Waals surface area contributed by atoms with Crippen LogP contribution in [0, 0.1) is 0 Å². The fraction of sp³-hybridized carbons (Fsp3) is 0.389. The molecule has 1 heterocycles. The Kier molecular flexibility index (Phi) is 10.9. The van der Waals surface area contributed by atoms with Gasteiger partial charge in [0.15, 0.2) is 0 Å². The molecule has 8 heteroatoms. The standard InChI is InChI=1S/C36H45N5O3/c1-6-9-21-38-32(42)24-41-30-22-27(15-18-29(30)33(25(4)8-3)31(41)23-37-5)34(43)40-36(19-10-11-20-36)35(44)39-28-16-13-26(12-7-2)14-17-28/h6-7,9,12-18,22,25H,5,8,10-11,19-21,23-24H2,1-4H3,(H,38,42)(H,39,44)(H,40,43)/b9-6-,12-7+. The van der Waals surface area contributed by atoms with Gasteiger partial charge in [-0.05, 0) is 81.1 Å². The number of nitrogens with zero attached hydrogens (tertiary/aromatic N) is 2. The maximum atomic E-state index is 13.8. The highest BCUT2D eigenvalue weighted by Gasteiger charge is 2.42. The van der Waals surface area contributed by atoms with Crippen molar-refractivity contribution in [2.75, 3.05) is 11.9 Å². The molecule has 1 aliphatic rings. The molecule has 0 bridgehead atoms. The molecule has 1 unspecified atom stereocenters. The summed E-state index contributed by atoms with van der Waals surface area (Å²) < 4.78 is 1.96. The maximum absolute atomic E-state index is 13.8. The van der Waals surface area contributed by atoms with E-state index in [-0.39, 0.29) is 30.2 Å². The molecule has 232 valence electrons. The molecule has 0 radical (unpaired) electrons. The Morgan fingerprint density at radius 3 is 2.43 bits per heavy atom. The van der Waals surface area contributed by atoms with Crippen molar-refractivity contribution in [1.29, 1.82) is 0 Å². The lowest BCUT2D eigenvalue weighted by molar-refractivity contribution is -0.122. The first kappa shape index (κ1) is 32.5. The molecule has 8 nitrogen and oxygen atoms in total. The summed E-state index contributed by atoms with van der Waals surface area (Å²) in [6, 6.07) is 13.3. The van der Waals surface area contributed by atoms with Gasteiger partial charge >= 0.3 is 0 Å². The van der Waals surface area contributed by atoms with Gasteiger partial charge in [-0.3, -0.25) is 19.4 Å². The maximum Gasteiger partial charge on any atom is 0.252 e. The minimum absolute atomic E-state index is 0.0968. The molecule has 1 aliphatic carbocycles. The molecule has 1 aromatic heterocycles. The van der Waals surface area contributed by atoms with Crippen molar-refractivity contribution in [3.63, 3.8) is 0 Å². The van der Waals surface area contributed by atoms with Crippen molar-refractivity contribution in [2.45, 2.75) is 84.3 Å². The van der Waals surface area contributed by atoms with E-state index in [4.69, 9.17) is 0 Å². The van der Waals surface area contributed by atoms with Gasteiger partial charge in [-0.15, -0.1) is 0 Å². The van der Waals surface area contributed by atoms with E-state index in [0.29, 0.717) is 37.2 Å². The second kappa shape index (κ2) is 14.8. The van der Waals surface area contributed by atoms with Gasteiger partial charge in [0.05, 0.1) is 6.54 Å². The zero-order valence-electron chi connectivity index (χ0n) is 26.4. The zero-order valence-corrected chi connectivity index (χ0v) is 26.4. The predicted octanol–water partition coefficient (Wildman–Crippen LogP) is 6.76. The highest BCUT2D eigenvalue weighted by atomic mass is 16.2. The van der Waals surface area contributed by atoms with Crippen LogP contribution in [0.5, 0.6) is 0 Å². The Morgan fingerprint density at radius 1 is 1.07 bits per heavy atom. The van der Waals surface area contributed by atoms with Crippen molar-refractivity contribution < 1.29 is 14.4 Å².